The maximum absolute atomic E-state index is 13.0. The molecule has 3 rings (SSSR count). The Morgan fingerprint density at radius 3 is 2.69 bits per heavy atom. The number of nitrogens with one attached hydrogen (secondary N) is 1. The lowest BCUT2D eigenvalue weighted by molar-refractivity contribution is -0.124. The zero-order valence-corrected chi connectivity index (χ0v) is 16.0. The molecule has 0 radical (unpaired) electrons. The van der Waals surface area contributed by atoms with Gasteiger partial charge in [-0.3, -0.25) is 4.79 Å². The first-order valence-corrected chi connectivity index (χ1v) is 10.0. The van der Waals surface area contributed by atoms with Crippen LogP contribution in [-0.4, -0.2) is 36.4 Å². The van der Waals surface area contributed by atoms with E-state index in [0.717, 1.165) is 11.1 Å². The molecule has 1 amide bonds. The van der Waals surface area contributed by atoms with Crippen molar-refractivity contribution in [1.29, 1.82) is 0 Å². The second-order valence-corrected chi connectivity index (χ2v) is 8.40. The van der Waals surface area contributed by atoms with E-state index in [2.05, 4.69) is 10.5 Å². The topological polar surface area (TPSA) is 92.5 Å². The lowest BCUT2D eigenvalue weighted by Crippen LogP contribution is -2.45. The zero-order valence-electron chi connectivity index (χ0n) is 15.2. The molecule has 1 aromatic carbocycles. The summed E-state index contributed by atoms with van der Waals surface area (Å²) >= 11 is 0. The Bertz CT molecular complexity index is 901. The molecule has 0 spiro atoms. The third kappa shape index (κ3) is 3.39. The minimum atomic E-state index is -3.83. The summed E-state index contributed by atoms with van der Waals surface area (Å²) in [6, 6.07) is 7.07. The van der Waals surface area contributed by atoms with Crippen LogP contribution in [0.4, 0.5) is 0 Å². The fourth-order valence-corrected chi connectivity index (χ4v) is 5.31. The summed E-state index contributed by atoms with van der Waals surface area (Å²) in [7, 11) is -3.83. The van der Waals surface area contributed by atoms with Gasteiger partial charge in [-0.1, -0.05) is 29.4 Å². The molecule has 1 fully saturated rings. The van der Waals surface area contributed by atoms with E-state index in [1.54, 1.807) is 13.8 Å². The van der Waals surface area contributed by atoms with Gasteiger partial charge < -0.3 is 9.84 Å². The fourth-order valence-electron chi connectivity index (χ4n) is 3.36. The van der Waals surface area contributed by atoms with Gasteiger partial charge in [0.15, 0.2) is 5.76 Å². The number of aromatic nitrogens is 1. The van der Waals surface area contributed by atoms with Crippen LogP contribution in [0.1, 0.15) is 35.4 Å². The van der Waals surface area contributed by atoms with Crippen molar-refractivity contribution in [3.8, 4) is 0 Å². The van der Waals surface area contributed by atoms with Crippen LogP contribution in [0.15, 0.2) is 33.7 Å². The van der Waals surface area contributed by atoms with Crippen LogP contribution in [0.2, 0.25) is 0 Å². The van der Waals surface area contributed by atoms with Crippen molar-refractivity contribution >= 4 is 15.9 Å². The predicted molar refractivity (Wildman–Crippen MR) is 95.9 cm³/mol. The van der Waals surface area contributed by atoms with Crippen LogP contribution in [-0.2, 0) is 21.4 Å². The lowest BCUT2D eigenvalue weighted by Gasteiger charge is -2.23. The summed E-state index contributed by atoms with van der Waals surface area (Å²) in [6.45, 7) is 5.82. The second kappa shape index (κ2) is 7.20. The van der Waals surface area contributed by atoms with E-state index in [1.165, 1.54) is 4.31 Å². The number of hydrogen-bond acceptors (Lipinski definition) is 5. The van der Waals surface area contributed by atoms with Crippen LogP contribution in [0.25, 0.3) is 0 Å². The second-order valence-electron chi connectivity index (χ2n) is 6.57. The standard InChI is InChI=1S/C18H23N3O4S/c1-12-7-4-5-8-15(12)11-19-18(22)16-9-6-10-21(16)26(23,24)17-13(2)20-25-14(17)3/h4-5,7-8,16H,6,9-11H2,1-3H3,(H,19,22). The quantitative estimate of drug-likeness (QED) is 0.861. The number of benzene rings is 1. The summed E-state index contributed by atoms with van der Waals surface area (Å²) in [5.74, 6) is -0.0328. The molecule has 1 atom stereocenters. The van der Waals surface area contributed by atoms with E-state index in [4.69, 9.17) is 4.52 Å². The lowest BCUT2D eigenvalue weighted by atomic mass is 10.1. The number of hydrogen-bond donors (Lipinski definition) is 1. The van der Waals surface area contributed by atoms with Crippen LogP contribution >= 0.6 is 0 Å². The Kier molecular flexibility index (Phi) is 5.15. The van der Waals surface area contributed by atoms with Crippen LogP contribution in [0.3, 0.4) is 0 Å². The molecule has 1 N–H and O–H groups in total. The molecule has 0 bridgehead atoms. The monoisotopic (exact) mass is 377 g/mol. The molecule has 1 aromatic heterocycles. The van der Waals surface area contributed by atoms with Gasteiger partial charge in [-0.05, 0) is 44.7 Å². The molecule has 1 saturated heterocycles. The van der Waals surface area contributed by atoms with Crippen LogP contribution < -0.4 is 5.32 Å². The largest absolute Gasteiger partial charge is 0.360 e. The number of nitrogens with zero attached hydrogens (tertiary/aromatic N) is 2. The third-order valence-corrected chi connectivity index (χ3v) is 6.91. The van der Waals surface area contributed by atoms with Crippen LogP contribution in [0.5, 0.6) is 0 Å². The maximum Gasteiger partial charge on any atom is 0.249 e. The number of carbonyl (C=O) groups excluding carboxylic acids is 1. The average molecular weight is 377 g/mol. The van der Waals surface area contributed by atoms with Crippen molar-refractivity contribution in [2.75, 3.05) is 6.54 Å². The number of carbonyl (C=O) groups is 1. The summed E-state index contributed by atoms with van der Waals surface area (Å²) in [6.07, 6.45) is 1.15. The summed E-state index contributed by atoms with van der Waals surface area (Å²) in [5, 5.41) is 6.60. The van der Waals surface area contributed by atoms with E-state index >= 15 is 0 Å². The van der Waals surface area contributed by atoms with Crippen molar-refractivity contribution in [1.82, 2.24) is 14.8 Å². The maximum atomic E-state index is 13.0. The van der Waals surface area contributed by atoms with E-state index in [9.17, 15) is 13.2 Å². The summed E-state index contributed by atoms with van der Waals surface area (Å²) < 4.78 is 32.3. The molecule has 140 valence electrons. The molecule has 8 heteroatoms. The van der Waals surface area contributed by atoms with Crippen molar-refractivity contribution < 1.29 is 17.7 Å². The first-order valence-electron chi connectivity index (χ1n) is 8.59. The van der Waals surface area contributed by atoms with E-state index in [1.807, 2.05) is 31.2 Å². The minimum Gasteiger partial charge on any atom is -0.360 e. The minimum absolute atomic E-state index is 0.0658. The van der Waals surface area contributed by atoms with Crippen molar-refractivity contribution in [3.05, 3.63) is 46.8 Å². The molecule has 2 aromatic rings. The van der Waals surface area contributed by atoms with Gasteiger partial charge in [0.2, 0.25) is 15.9 Å². The van der Waals surface area contributed by atoms with Gasteiger partial charge in [0, 0.05) is 13.1 Å². The highest BCUT2D eigenvalue weighted by Gasteiger charge is 2.41. The molecule has 7 nitrogen and oxygen atoms in total. The normalized spacial score (nSPS) is 18.2. The van der Waals surface area contributed by atoms with Gasteiger partial charge in [-0.25, -0.2) is 8.42 Å². The average Bonchev–Trinajstić information content (AvgIpc) is 3.21. The third-order valence-electron chi connectivity index (χ3n) is 4.76. The Hall–Kier alpha value is -2.19. The van der Waals surface area contributed by atoms with Gasteiger partial charge in [-0.2, -0.15) is 4.31 Å². The van der Waals surface area contributed by atoms with Gasteiger partial charge >= 0.3 is 0 Å². The Balaban J connectivity index is 1.77. The van der Waals surface area contributed by atoms with Crippen molar-refractivity contribution in [2.24, 2.45) is 0 Å². The van der Waals surface area contributed by atoms with Gasteiger partial charge in [0.05, 0.1) is 0 Å². The smallest absolute Gasteiger partial charge is 0.249 e. The Labute approximate surface area is 153 Å². The van der Waals surface area contributed by atoms with E-state index in [-0.39, 0.29) is 16.6 Å². The highest BCUT2D eigenvalue weighted by molar-refractivity contribution is 7.89. The predicted octanol–water partition coefficient (Wildman–Crippen LogP) is 2.07. The summed E-state index contributed by atoms with van der Waals surface area (Å²) in [4.78, 5) is 12.7. The number of aryl methyl sites for hydroxylation is 3. The molecule has 0 aliphatic carbocycles. The SMILES string of the molecule is Cc1ccccc1CNC(=O)C1CCCN1S(=O)(=O)c1c(C)noc1C. The number of amides is 1. The van der Waals surface area contributed by atoms with E-state index in [0.29, 0.717) is 31.6 Å². The van der Waals surface area contributed by atoms with Crippen LogP contribution in [0, 0.1) is 20.8 Å². The van der Waals surface area contributed by atoms with Gasteiger partial charge in [0.1, 0.15) is 16.6 Å². The van der Waals surface area contributed by atoms with E-state index < -0.39 is 16.1 Å². The van der Waals surface area contributed by atoms with Crippen molar-refractivity contribution in [3.63, 3.8) is 0 Å². The first kappa shape index (κ1) is 18.6. The molecule has 26 heavy (non-hydrogen) atoms. The van der Waals surface area contributed by atoms with Crippen molar-refractivity contribution in [2.45, 2.75) is 51.1 Å². The van der Waals surface area contributed by atoms with Gasteiger partial charge in [-0.15, -0.1) is 0 Å². The molecule has 1 aliphatic rings. The first-order chi connectivity index (χ1) is 12.3. The highest BCUT2D eigenvalue weighted by Crippen LogP contribution is 2.29. The fraction of sp³-hybridized carbons (Fsp3) is 0.444. The zero-order chi connectivity index (χ0) is 18.9. The molecular weight excluding hydrogens is 354 g/mol. The molecule has 2 heterocycles. The highest BCUT2D eigenvalue weighted by atomic mass is 32.2. The molecule has 1 aliphatic heterocycles. The Morgan fingerprint density at radius 2 is 2.04 bits per heavy atom. The number of rotatable bonds is 5. The summed E-state index contributed by atoms with van der Waals surface area (Å²) in [5.41, 5.74) is 2.41. The molecule has 0 saturated carbocycles. The number of sulfonamides is 1. The molecule has 1 unspecified atom stereocenters. The Morgan fingerprint density at radius 1 is 1.31 bits per heavy atom. The van der Waals surface area contributed by atoms with Gasteiger partial charge in [0.25, 0.3) is 0 Å². The molecular formula is C18H23N3O4S.